The molecule has 0 bridgehead atoms. The number of thiol groups is 1. The minimum atomic E-state index is -1.94. The fourth-order valence-corrected chi connectivity index (χ4v) is 14.5. The first-order valence-electron chi connectivity index (χ1n) is 47.7. The molecule has 1 aromatic heterocycles. The summed E-state index contributed by atoms with van der Waals surface area (Å²) in [6, 6.07) is -24.8. The van der Waals surface area contributed by atoms with Gasteiger partial charge in [0.15, 0.2) is 0 Å². The first kappa shape index (κ1) is 127. The van der Waals surface area contributed by atoms with E-state index in [1.165, 1.54) is 24.3 Å². The first-order valence-corrected chi connectivity index (χ1v) is 48.3. The SMILES string of the molecule is CC(C)C[C@H](NC(=O)[C@@H]1CCCN1C(=O)[C@@H](NC(=O)[C@H](C)NC(=O)[C@H](Cc1cnc[nH]1)NC(=O)CNC(=O)[C@@H](NC(=O)[C@H](CO)NC(=O)[C@H](C)NC(=O)[C@H](CO)NC(=O)[C@H](CO)NC(=O)[C@@H](NC(=O)CNC(=O)CCOCCOCCOCCOCCOCCOCCNC(=O)CCCCCCS)[C@@H](C)O)[C@@H](C)O)[C@@H](C)O)C(=O)N1CCC[C@H]1C(=O)N[C@H](C(=O)N[C@H](C(=O)N[C@@H](CC(=O)O)C(N)=O)[C@@H](C)O)C(C)C. The van der Waals surface area contributed by atoms with E-state index < -0.39 is 273 Å². The number of hydrogen-bond acceptors (Lipinski definition) is 35. The lowest BCUT2D eigenvalue weighted by Gasteiger charge is -2.33. The van der Waals surface area contributed by atoms with Gasteiger partial charge in [0.25, 0.3) is 0 Å². The van der Waals surface area contributed by atoms with E-state index >= 15 is 0 Å². The fraction of sp³-hybridized carbons (Fsp3) is 0.739. The van der Waals surface area contributed by atoms with Gasteiger partial charge in [-0.15, -0.1) is 0 Å². The molecule has 0 aliphatic carbocycles. The monoisotopic (exact) mass is 2080 g/mol. The van der Waals surface area contributed by atoms with Crippen molar-refractivity contribution in [2.75, 3.05) is 138 Å². The maximum Gasteiger partial charge on any atom is 0.305 e. The van der Waals surface area contributed by atoms with Gasteiger partial charge in [0.1, 0.15) is 90.6 Å². The summed E-state index contributed by atoms with van der Waals surface area (Å²) >= 11 is 4.18. The number of primary amides is 1. The molecule has 2 aliphatic rings. The number of amides is 19. The van der Waals surface area contributed by atoms with Gasteiger partial charge in [-0.1, -0.05) is 40.5 Å². The van der Waals surface area contributed by atoms with Gasteiger partial charge >= 0.3 is 5.97 Å². The van der Waals surface area contributed by atoms with Gasteiger partial charge in [-0.3, -0.25) is 95.9 Å². The number of carbonyl (C=O) groups is 20. The minimum Gasteiger partial charge on any atom is -0.481 e. The predicted octanol–water partition coefficient (Wildman–Crippen LogP) is -11.8. The second-order valence-electron chi connectivity index (χ2n) is 35.1. The Bertz CT molecular complexity index is 4270. The molecule has 0 saturated carbocycles. The van der Waals surface area contributed by atoms with Crippen molar-refractivity contribution in [1.29, 1.82) is 0 Å². The van der Waals surface area contributed by atoms with E-state index in [4.69, 9.17) is 34.2 Å². The molecule has 0 radical (unpaired) electrons. The molecular formula is C88H149N21O34S. The number of carboxylic acids is 1. The van der Waals surface area contributed by atoms with Crippen LogP contribution in [-0.4, -0.2) is 431 Å². The molecule has 56 heteroatoms. The summed E-state index contributed by atoms with van der Waals surface area (Å²) in [6.45, 7) is 11.8. The summed E-state index contributed by atoms with van der Waals surface area (Å²) in [5.74, 6) is -20.6. The van der Waals surface area contributed by atoms with Crippen LogP contribution in [-0.2, 0) is 131 Å². The van der Waals surface area contributed by atoms with E-state index in [-0.39, 0.29) is 102 Å². The highest BCUT2D eigenvalue weighted by molar-refractivity contribution is 7.80. The van der Waals surface area contributed by atoms with E-state index in [0.717, 1.165) is 71.0 Å². The highest BCUT2D eigenvalue weighted by Crippen LogP contribution is 2.25. The molecule has 55 nitrogen and oxygen atoms in total. The standard InChI is InChI=1S/C88H149N21O34S/c1-47(2)37-58(87(136)108-22-15-18-63(108)82(131)104-69(48(3)4)84(133)106-72(53(9)115)86(135)98-56(74(89)123)39-68(121)122)99-81(130)62-17-16-23-109(62)88(137)73(54(10)116)107-76(125)50(6)95-77(126)57(38-55-40-90-46-94-55)97-66(119)42-93-83(132)70(51(7)113)105-80(129)61(45-112)100-75(124)49(5)96-78(127)59(43-110)101-79(128)60(44-111)102-85(134)71(52(8)114)103-67(120)41-92-65(118)20-24-138-26-28-140-30-32-142-34-35-143-33-31-141-29-27-139-25-21-91-64(117)19-13-11-12-14-36-144/h40,46-54,56-63,69-73,110-116,144H,11-39,41-45H2,1-10H3,(H2,89,123)(H,90,94)(H,91,117)(H,92,118)(H,93,132)(H,95,126)(H,96,127)(H,97,119)(H,98,135)(H,99,130)(H,100,124)(H,101,128)(H,102,134)(H,103,120)(H,104,131)(H,105,129)(H,106,133)(H,107,125)(H,121,122)/t49-,50-,51+,52+,53+,54+,56-,57-,58-,59-,60-,61-,62-,63-,69-,70-,71-,72-,73-/m0/s1. The zero-order valence-corrected chi connectivity index (χ0v) is 83.8. The van der Waals surface area contributed by atoms with Crippen LogP contribution in [0.3, 0.4) is 0 Å². The molecule has 0 aromatic carbocycles. The summed E-state index contributed by atoms with van der Waals surface area (Å²) in [6.07, 6.45) is -0.437. The predicted molar refractivity (Wildman–Crippen MR) is 507 cm³/mol. The van der Waals surface area contributed by atoms with Crippen LogP contribution in [0.2, 0.25) is 0 Å². The normalized spacial score (nSPS) is 17.0. The Morgan fingerprint density at radius 3 is 1.29 bits per heavy atom. The maximum absolute atomic E-state index is 14.6. The van der Waals surface area contributed by atoms with Gasteiger partial charge in [-0.05, 0) is 104 Å². The number of H-pyrrole nitrogens is 1. The molecule has 2 fully saturated rings. The molecule has 816 valence electrons. The largest absolute Gasteiger partial charge is 0.481 e. The van der Waals surface area contributed by atoms with Crippen LogP contribution in [0.1, 0.15) is 152 Å². The average molecular weight is 2080 g/mol. The number of likely N-dealkylation sites (tertiary alicyclic amines) is 2. The van der Waals surface area contributed by atoms with Crippen LogP contribution < -0.4 is 90.8 Å². The van der Waals surface area contributed by atoms with Crippen molar-refractivity contribution in [3.05, 3.63) is 18.2 Å². The Morgan fingerprint density at radius 2 is 0.812 bits per heavy atom. The second-order valence-corrected chi connectivity index (χ2v) is 35.5. The molecule has 19 amide bonds. The van der Waals surface area contributed by atoms with Gasteiger partial charge in [0, 0.05) is 50.8 Å². The van der Waals surface area contributed by atoms with Crippen molar-refractivity contribution in [3.63, 3.8) is 0 Å². The van der Waals surface area contributed by atoms with Gasteiger partial charge in [-0.2, -0.15) is 12.6 Å². The number of aliphatic carboxylic acids is 1. The number of nitrogens with zero attached hydrogens (tertiary/aromatic N) is 3. The Morgan fingerprint density at radius 1 is 0.410 bits per heavy atom. The molecule has 19 atom stereocenters. The summed E-state index contributed by atoms with van der Waals surface area (Å²) < 4.78 is 32.7. The minimum absolute atomic E-state index is 0.0118. The van der Waals surface area contributed by atoms with E-state index in [1.54, 1.807) is 27.7 Å². The summed E-state index contributed by atoms with van der Waals surface area (Å²) in [7, 11) is 0. The number of aromatic amines is 1. The third-order valence-corrected chi connectivity index (χ3v) is 22.5. The molecular weight excluding hydrogens is 1930 g/mol. The number of carboxylic acid groups (broad SMARTS) is 1. The van der Waals surface area contributed by atoms with Crippen molar-refractivity contribution in [1.82, 2.24) is 105 Å². The molecule has 2 aliphatic heterocycles. The van der Waals surface area contributed by atoms with Crippen LogP contribution in [0, 0.1) is 11.8 Å². The van der Waals surface area contributed by atoms with Crippen molar-refractivity contribution in [2.45, 2.75) is 268 Å². The molecule has 3 rings (SSSR count). The van der Waals surface area contributed by atoms with E-state index in [9.17, 15) is 137 Å². The topological polar surface area (TPSA) is 812 Å². The molecule has 2 saturated heterocycles. The lowest BCUT2D eigenvalue weighted by molar-refractivity contribution is -0.146. The number of hydrogen-bond donors (Lipinski definition) is 27. The van der Waals surface area contributed by atoms with Crippen molar-refractivity contribution in [3.8, 4) is 0 Å². The van der Waals surface area contributed by atoms with E-state index in [0.29, 0.717) is 65.6 Å². The number of unbranched alkanes of at least 4 members (excludes halogenated alkanes) is 3. The van der Waals surface area contributed by atoms with E-state index in [1.807, 2.05) is 0 Å². The van der Waals surface area contributed by atoms with Crippen LogP contribution in [0.4, 0.5) is 0 Å². The number of imidazole rings is 1. The van der Waals surface area contributed by atoms with Crippen molar-refractivity contribution < 1.29 is 165 Å². The van der Waals surface area contributed by atoms with Gasteiger partial charge in [0.05, 0.1) is 149 Å². The van der Waals surface area contributed by atoms with Crippen LogP contribution in [0.15, 0.2) is 12.5 Å². The smallest absolute Gasteiger partial charge is 0.305 e. The number of aliphatic hydroxyl groups is 7. The third-order valence-electron chi connectivity index (χ3n) is 22.2. The number of ether oxygens (including phenoxy) is 6. The Hall–Kier alpha value is -11.6. The summed E-state index contributed by atoms with van der Waals surface area (Å²) in [5, 5.41) is 119. The average Bonchev–Trinajstić information content (AvgIpc) is 1.65. The molecule has 144 heavy (non-hydrogen) atoms. The van der Waals surface area contributed by atoms with Gasteiger partial charge in [0.2, 0.25) is 112 Å². The lowest BCUT2D eigenvalue weighted by atomic mass is 10.00. The third kappa shape index (κ3) is 47.5. The summed E-state index contributed by atoms with van der Waals surface area (Å²) in [4.78, 5) is 276. The van der Waals surface area contributed by atoms with Crippen LogP contribution in [0.25, 0.3) is 0 Å². The Balaban J connectivity index is 1.50. The molecule has 0 unspecified atom stereocenters. The zero-order valence-electron chi connectivity index (χ0n) is 82.9. The van der Waals surface area contributed by atoms with Crippen molar-refractivity contribution >= 4 is 131 Å². The fourth-order valence-electron chi connectivity index (χ4n) is 14.2. The Kier molecular flexibility index (Phi) is 60.4. The van der Waals surface area contributed by atoms with Gasteiger partial charge in [-0.25, -0.2) is 4.98 Å². The number of carbonyl (C=O) groups excluding carboxylic acids is 19. The number of nitrogens with one attached hydrogen (secondary N) is 17. The van der Waals surface area contributed by atoms with Crippen LogP contribution in [0.5, 0.6) is 0 Å². The number of aromatic nitrogens is 2. The van der Waals surface area contributed by atoms with E-state index in [2.05, 4.69) is 108 Å². The van der Waals surface area contributed by atoms with Crippen LogP contribution >= 0.6 is 12.6 Å². The van der Waals surface area contributed by atoms with Gasteiger partial charge < -0.3 is 175 Å². The lowest BCUT2D eigenvalue weighted by Crippen LogP contribution is -2.62. The molecule has 27 N–H and O–H groups in total. The number of rotatable bonds is 73. The Labute approximate surface area is 838 Å². The highest BCUT2D eigenvalue weighted by Gasteiger charge is 2.46. The number of nitrogens with two attached hydrogens (primary N) is 1. The molecule has 3 heterocycles. The first-order chi connectivity index (χ1) is 68.2. The molecule has 0 spiro atoms. The number of aliphatic hydroxyl groups excluding tert-OH is 7. The highest BCUT2D eigenvalue weighted by atomic mass is 32.1. The molecule has 1 aromatic rings. The summed E-state index contributed by atoms with van der Waals surface area (Å²) in [5.41, 5.74) is 5.51. The van der Waals surface area contributed by atoms with Crippen molar-refractivity contribution in [2.24, 2.45) is 17.6 Å². The maximum atomic E-state index is 14.6. The quantitative estimate of drug-likeness (QED) is 0.0213. The second kappa shape index (κ2) is 68.7. The zero-order chi connectivity index (χ0) is 108.